The molecule has 1 heterocycles. The summed E-state index contributed by atoms with van der Waals surface area (Å²) >= 11 is 6.22. The van der Waals surface area contributed by atoms with Crippen LogP contribution in [0.2, 0.25) is 5.02 Å². The van der Waals surface area contributed by atoms with Gasteiger partial charge in [0.2, 0.25) is 0 Å². The number of amidine groups is 1. The lowest BCUT2D eigenvalue weighted by molar-refractivity contribution is -0.0952. The number of hydrogen-bond acceptors (Lipinski definition) is 3. The van der Waals surface area contributed by atoms with Crippen molar-refractivity contribution in [2.45, 2.75) is 19.5 Å². The summed E-state index contributed by atoms with van der Waals surface area (Å²) in [4.78, 5) is 4.22. The van der Waals surface area contributed by atoms with Crippen molar-refractivity contribution in [3.63, 3.8) is 0 Å². The monoisotopic (exact) mass is 385 g/mol. The molecular formula is C17H19ClF3N5. The Kier molecular flexibility index (Phi) is 5.97. The molecule has 9 heteroatoms. The van der Waals surface area contributed by atoms with E-state index in [1.54, 1.807) is 6.07 Å². The van der Waals surface area contributed by atoms with Gasteiger partial charge in [0.15, 0.2) is 0 Å². The third kappa shape index (κ3) is 4.01. The van der Waals surface area contributed by atoms with Crippen LogP contribution in [0, 0.1) is 0 Å². The minimum Gasteiger partial charge on any atom is -0.384 e. The van der Waals surface area contributed by atoms with Crippen LogP contribution < -0.4 is 10.6 Å². The number of nitrogens with zero attached hydrogens (tertiary/aromatic N) is 2. The number of likely N-dealkylation sites (N-methyl/N-ethyl adjacent to an activating group) is 1. The molecule has 0 radical (unpaired) electrons. The van der Waals surface area contributed by atoms with Crippen LogP contribution in [0.1, 0.15) is 18.9 Å². The van der Waals surface area contributed by atoms with Crippen molar-refractivity contribution in [3.8, 4) is 0 Å². The third-order valence-corrected chi connectivity index (χ3v) is 4.02. The zero-order valence-corrected chi connectivity index (χ0v) is 15.3. The number of halogens is 4. The van der Waals surface area contributed by atoms with Crippen molar-refractivity contribution in [1.29, 1.82) is 0 Å². The zero-order valence-electron chi connectivity index (χ0n) is 14.6. The van der Waals surface area contributed by atoms with E-state index in [9.17, 15) is 13.2 Å². The van der Waals surface area contributed by atoms with Crippen molar-refractivity contribution >= 4 is 33.9 Å². The molecule has 0 amide bonds. The summed E-state index contributed by atoms with van der Waals surface area (Å²) in [5, 5.41) is 12.4. The lowest BCUT2D eigenvalue weighted by atomic mass is 10.00. The number of benzene rings is 1. The quantitative estimate of drug-likeness (QED) is 0.532. The second-order valence-electron chi connectivity index (χ2n) is 5.42. The first kappa shape index (κ1) is 19.8. The lowest BCUT2D eigenvalue weighted by Gasteiger charge is -2.20. The van der Waals surface area contributed by atoms with Crippen LogP contribution in [0.15, 0.2) is 41.3 Å². The zero-order chi connectivity index (χ0) is 19.5. The predicted octanol–water partition coefficient (Wildman–Crippen LogP) is 4.25. The normalized spacial score (nSPS) is 13.6. The molecule has 0 spiro atoms. The van der Waals surface area contributed by atoms with E-state index >= 15 is 0 Å². The van der Waals surface area contributed by atoms with Crippen LogP contribution in [0.25, 0.3) is 16.5 Å². The van der Waals surface area contributed by atoms with Crippen molar-refractivity contribution in [2.24, 2.45) is 4.99 Å². The van der Waals surface area contributed by atoms with Crippen LogP contribution in [-0.2, 0) is 0 Å². The number of fused-ring (bicyclic) bond motifs is 1. The molecule has 1 aromatic heterocycles. The van der Waals surface area contributed by atoms with Gasteiger partial charge in [0.25, 0.3) is 0 Å². The average molecular weight is 386 g/mol. The lowest BCUT2D eigenvalue weighted by Crippen LogP contribution is -2.31. The fourth-order valence-corrected chi connectivity index (χ4v) is 2.71. The number of aromatic amines is 1. The Bertz CT molecular complexity index is 880. The van der Waals surface area contributed by atoms with Crippen LogP contribution >= 0.6 is 11.6 Å². The number of rotatable bonds is 5. The topological polar surface area (TPSA) is 65.1 Å². The first-order valence-electron chi connectivity index (χ1n) is 7.79. The van der Waals surface area contributed by atoms with Gasteiger partial charge in [-0.25, -0.2) is 4.99 Å². The van der Waals surface area contributed by atoms with Crippen LogP contribution in [0.5, 0.6) is 0 Å². The van der Waals surface area contributed by atoms with Gasteiger partial charge in [-0.2, -0.15) is 18.3 Å². The molecule has 2 aromatic rings. The number of aliphatic imine (C=N–C) groups is 1. The maximum Gasteiger partial charge on any atom is 0.431 e. The second-order valence-corrected chi connectivity index (χ2v) is 5.83. The molecular weight excluding hydrogens is 367 g/mol. The Balaban J connectivity index is 2.84. The number of alkyl halides is 3. The summed E-state index contributed by atoms with van der Waals surface area (Å²) in [5.74, 6) is 0.0393. The van der Waals surface area contributed by atoms with Crippen molar-refractivity contribution in [1.82, 2.24) is 20.8 Å². The van der Waals surface area contributed by atoms with Crippen LogP contribution in [0.4, 0.5) is 13.2 Å². The summed E-state index contributed by atoms with van der Waals surface area (Å²) < 4.78 is 40.9. The summed E-state index contributed by atoms with van der Waals surface area (Å²) in [6, 6.07) is 3.02. The molecule has 2 rings (SSSR count). The van der Waals surface area contributed by atoms with E-state index in [1.165, 1.54) is 26.4 Å². The first-order valence-corrected chi connectivity index (χ1v) is 8.17. The van der Waals surface area contributed by atoms with Crippen molar-refractivity contribution in [2.75, 3.05) is 14.1 Å². The van der Waals surface area contributed by atoms with E-state index in [0.717, 1.165) is 0 Å². The number of H-pyrrole nitrogens is 1. The molecule has 0 bridgehead atoms. The van der Waals surface area contributed by atoms with Crippen LogP contribution in [-0.4, -0.2) is 36.3 Å². The van der Waals surface area contributed by atoms with E-state index in [0.29, 0.717) is 23.0 Å². The van der Waals surface area contributed by atoms with Crippen molar-refractivity contribution in [3.05, 3.63) is 46.9 Å². The van der Waals surface area contributed by atoms with Gasteiger partial charge in [0.1, 0.15) is 11.5 Å². The third-order valence-electron chi connectivity index (χ3n) is 3.72. The predicted molar refractivity (Wildman–Crippen MR) is 99.1 cm³/mol. The highest BCUT2D eigenvalue weighted by Crippen LogP contribution is 2.34. The summed E-state index contributed by atoms with van der Waals surface area (Å²) in [7, 11) is 2.71. The minimum absolute atomic E-state index is 0.0393. The number of allylic oxidation sites excluding steroid dienone is 2. The largest absolute Gasteiger partial charge is 0.431 e. The van der Waals surface area contributed by atoms with Gasteiger partial charge in [-0.3, -0.25) is 5.10 Å². The molecule has 0 atom stereocenters. The molecule has 26 heavy (non-hydrogen) atoms. The number of aromatic nitrogens is 2. The Morgan fingerprint density at radius 2 is 2.00 bits per heavy atom. The molecule has 0 aliphatic rings. The maximum absolute atomic E-state index is 13.6. The molecule has 5 nitrogen and oxygen atoms in total. The van der Waals surface area contributed by atoms with Gasteiger partial charge in [-0.05, 0) is 24.1 Å². The number of hydrogen-bond donors (Lipinski definition) is 3. The highest BCUT2D eigenvalue weighted by molar-refractivity contribution is 6.36. The highest BCUT2D eigenvalue weighted by Gasteiger charge is 2.37. The molecule has 0 fully saturated rings. The van der Waals surface area contributed by atoms with E-state index < -0.39 is 11.9 Å². The first-order chi connectivity index (χ1) is 12.2. The molecule has 0 aliphatic carbocycles. The summed E-state index contributed by atoms with van der Waals surface area (Å²) in [5.41, 5.74) is 0.159. The SMILES string of the molecule is C=C(CC)/N=C(NC)/C(=C(\NC)C(F)(F)F)c1cc(Cl)c2[nH]ncc2c1. The Labute approximate surface area is 154 Å². The highest BCUT2D eigenvalue weighted by atomic mass is 35.5. The molecule has 1 aromatic carbocycles. The van der Waals surface area contributed by atoms with E-state index in [1.807, 2.05) is 6.92 Å². The van der Waals surface area contributed by atoms with E-state index in [2.05, 4.69) is 32.4 Å². The van der Waals surface area contributed by atoms with Gasteiger partial charge in [0, 0.05) is 25.2 Å². The number of nitrogens with one attached hydrogen (secondary N) is 3. The summed E-state index contributed by atoms with van der Waals surface area (Å²) in [6.07, 6.45) is -2.62. The summed E-state index contributed by atoms with van der Waals surface area (Å²) in [6.45, 7) is 5.57. The Morgan fingerprint density at radius 3 is 2.54 bits per heavy atom. The van der Waals surface area contributed by atoms with Gasteiger partial charge in [-0.1, -0.05) is 25.1 Å². The van der Waals surface area contributed by atoms with Crippen molar-refractivity contribution < 1.29 is 13.2 Å². The second kappa shape index (κ2) is 7.82. The molecule has 3 N–H and O–H groups in total. The molecule has 0 saturated heterocycles. The Morgan fingerprint density at radius 1 is 1.31 bits per heavy atom. The standard InChI is InChI=1S/C17H19ClF3N5/c1-5-9(2)25-16(23-4)13(15(22-3)17(19,20)21)10-6-11-8-24-26-14(11)12(18)7-10/h6-8,22H,2,5H2,1,3-4H3,(H,23,25)(H,24,26)/b15-13-. The molecule has 140 valence electrons. The fraction of sp³-hybridized carbons (Fsp3) is 0.294. The Hall–Kier alpha value is -2.48. The van der Waals surface area contributed by atoms with E-state index in [4.69, 9.17) is 11.6 Å². The van der Waals surface area contributed by atoms with Gasteiger partial charge < -0.3 is 10.6 Å². The average Bonchev–Trinajstić information content (AvgIpc) is 3.05. The van der Waals surface area contributed by atoms with Gasteiger partial charge in [0.05, 0.1) is 22.3 Å². The minimum atomic E-state index is -4.62. The van der Waals surface area contributed by atoms with Gasteiger partial charge in [-0.15, -0.1) is 0 Å². The molecule has 0 aliphatic heterocycles. The molecule has 0 saturated carbocycles. The van der Waals surface area contributed by atoms with Crippen LogP contribution in [0.3, 0.4) is 0 Å². The van der Waals surface area contributed by atoms with E-state index in [-0.39, 0.29) is 22.0 Å². The molecule has 0 unspecified atom stereocenters. The van der Waals surface area contributed by atoms with Gasteiger partial charge >= 0.3 is 6.18 Å². The smallest absolute Gasteiger partial charge is 0.384 e. The fourth-order valence-electron chi connectivity index (χ4n) is 2.44. The maximum atomic E-state index is 13.6.